The molecule has 0 heterocycles. The zero-order valence-corrected chi connectivity index (χ0v) is 18.7. The summed E-state index contributed by atoms with van der Waals surface area (Å²) in [5.74, 6) is 0.880. The number of hydrogen-bond acceptors (Lipinski definition) is 5. The molecule has 1 aliphatic rings. The Labute approximate surface area is 180 Å². The van der Waals surface area contributed by atoms with Crippen molar-refractivity contribution in [1.29, 1.82) is 0 Å². The van der Waals surface area contributed by atoms with Crippen LogP contribution in [0.3, 0.4) is 0 Å². The van der Waals surface area contributed by atoms with Gasteiger partial charge in [-0.1, -0.05) is 31.9 Å². The Kier molecular flexibility index (Phi) is 9.57. The first-order valence-electron chi connectivity index (χ1n) is 11.1. The highest BCUT2D eigenvalue weighted by atomic mass is 16.5. The van der Waals surface area contributed by atoms with E-state index < -0.39 is 0 Å². The normalized spacial score (nSPS) is 16.6. The molecule has 0 unspecified atom stereocenters. The molecule has 1 atom stereocenters. The number of carbonyl (C=O) groups excluding carboxylic acids is 2. The van der Waals surface area contributed by atoms with E-state index in [4.69, 9.17) is 4.74 Å². The number of aromatic hydroxyl groups is 1. The second-order valence-corrected chi connectivity index (χ2v) is 8.87. The molecule has 0 aromatic heterocycles. The second-order valence-electron chi connectivity index (χ2n) is 8.87. The first kappa shape index (κ1) is 24.1. The summed E-state index contributed by atoms with van der Waals surface area (Å²) in [5.41, 5.74) is 1.13. The van der Waals surface area contributed by atoms with Crippen molar-refractivity contribution in [3.8, 4) is 11.5 Å². The van der Waals surface area contributed by atoms with Gasteiger partial charge in [-0.2, -0.15) is 0 Å². The van der Waals surface area contributed by atoms with Crippen LogP contribution in [0, 0.1) is 11.3 Å². The van der Waals surface area contributed by atoms with Crippen LogP contribution in [0.15, 0.2) is 24.3 Å². The first-order valence-corrected chi connectivity index (χ1v) is 11.1. The van der Waals surface area contributed by atoms with Gasteiger partial charge in [0.15, 0.2) is 17.3 Å². The number of benzene rings is 1. The molecule has 1 aromatic rings. The van der Waals surface area contributed by atoms with E-state index in [1.54, 1.807) is 18.2 Å². The first-order chi connectivity index (χ1) is 14.4. The zero-order chi connectivity index (χ0) is 22.0. The van der Waals surface area contributed by atoms with Gasteiger partial charge in [0.1, 0.15) is 5.78 Å². The summed E-state index contributed by atoms with van der Waals surface area (Å²) in [6.07, 6.45) is 11.8. The van der Waals surface area contributed by atoms with E-state index >= 15 is 0 Å². The Morgan fingerprint density at radius 2 is 2.03 bits per heavy atom. The van der Waals surface area contributed by atoms with Gasteiger partial charge in [0.2, 0.25) is 0 Å². The Hall–Kier alpha value is -2.14. The number of carbonyl (C=O) groups is 2. The number of methoxy groups -OCH3 is 1. The number of rotatable bonds is 13. The lowest BCUT2D eigenvalue weighted by Gasteiger charge is -2.32. The second kappa shape index (κ2) is 11.9. The predicted molar refractivity (Wildman–Crippen MR) is 121 cm³/mol. The van der Waals surface area contributed by atoms with Gasteiger partial charge in [-0.3, -0.25) is 9.59 Å². The van der Waals surface area contributed by atoms with Crippen molar-refractivity contribution in [1.82, 2.24) is 5.32 Å². The van der Waals surface area contributed by atoms with E-state index in [-0.39, 0.29) is 23.7 Å². The van der Waals surface area contributed by atoms with Crippen LogP contribution in [0.2, 0.25) is 0 Å². The van der Waals surface area contributed by atoms with Crippen molar-refractivity contribution in [2.24, 2.45) is 11.3 Å². The van der Waals surface area contributed by atoms with Crippen LogP contribution < -0.4 is 10.1 Å². The number of nitrogens with one attached hydrogen (secondary N) is 1. The molecule has 1 fully saturated rings. The number of allylic oxidation sites excluding steroid dienone is 1. The van der Waals surface area contributed by atoms with Crippen molar-refractivity contribution >= 4 is 17.6 Å². The van der Waals surface area contributed by atoms with Crippen molar-refractivity contribution < 1.29 is 19.4 Å². The summed E-state index contributed by atoms with van der Waals surface area (Å²) < 4.78 is 5.06. The van der Waals surface area contributed by atoms with E-state index in [9.17, 15) is 14.7 Å². The summed E-state index contributed by atoms with van der Waals surface area (Å²) in [5, 5.41) is 12.9. The lowest BCUT2D eigenvalue weighted by Crippen LogP contribution is -2.25. The molecule has 30 heavy (non-hydrogen) atoms. The lowest BCUT2D eigenvalue weighted by atomic mass is 9.74. The van der Waals surface area contributed by atoms with Crippen LogP contribution >= 0.6 is 0 Å². The van der Waals surface area contributed by atoms with Crippen molar-refractivity contribution in [2.45, 2.75) is 64.7 Å². The fraction of sp³-hybridized carbons (Fsp3) is 0.600. The molecule has 1 saturated carbocycles. The summed E-state index contributed by atoms with van der Waals surface area (Å²) in [7, 11) is 3.48. The average Bonchev–Trinajstić information content (AvgIpc) is 3.15. The van der Waals surface area contributed by atoms with E-state index in [0.29, 0.717) is 23.5 Å². The molecule has 5 nitrogen and oxygen atoms in total. The maximum Gasteiger partial charge on any atom is 0.163 e. The van der Waals surface area contributed by atoms with Crippen LogP contribution in [-0.4, -0.2) is 37.4 Å². The molecular formula is C25H37NO4. The Morgan fingerprint density at radius 3 is 2.70 bits per heavy atom. The number of phenols is 1. The van der Waals surface area contributed by atoms with E-state index in [0.717, 1.165) is 24.9 Å². The predicted octanol–water partition coefficient (Wildman–Crippen LogP) is 4.92. The molecule has 1 aliphatic carbocycles. The van der Waals surface area contributed by atoms with Gasteiger partial charge in [0.05, 0.1) is 13.5 Å². The SMILES string of the molecule is CNC[C@H](C)CC1(CCCC(=O)CC(=O)C=Cc2ccc(O)c(OC)c2)CCCC1. The maximum atomic E-state index is 12.3. The topological polar surface area (TPSA) is 75.6 Å². The summed E-state index contributed by atoms with van der Waals surface area (Å²) in [4.78, 5) is 24.4. The molecule has 0 amide bonds. The van der Waals surface area contributed by atoms with Crippen LogP contribution in [-0.2, 0) is 9.59 Å². The van der Waals surface area contributed by atoms with Gasteiger partial charge in [0.25, 0.3) is 0 Å². The zero-order valence-electron chi connectivity index (χ0n) is 18.7. The standard InChI is InChI=1S/C25H37NO4/c1-19(18-26-2)17-25(12-4-5-13-25)14-6-7-21(27)16-22(28)10-8-20-9-11-23(29)24(15-20)30-3/h8-11,15,19,26,29H,4-7,12-14,16-18H2,1-3H3/t19-/m1/s1. The quantitative estimate of drug-likeness (QED) is 0.353. The van der Waals surface area contributed by atoms with Crippen molar-refractivity contribution in [2.75, 3.05) is 20.7 Å². The Morgan fingerprint density at radius 1 is 1.30 bits per heavy atom. The molecule has 0 radical (unpaired) electrons. The molecule has 166 valence electrons. The van der Waals surface area contributed by atoms with Gasteiger partial charge >= 0.3 is 0 Å². The molecule has 5 heteroatoms. The van der Waals surface area contributed by atoms with E-state index in [1.807, 2.05) is 7.05 Å². The van der Waals surface area contributed by atoms with Gasteiger partial charge in [-0.25, -0.2) is 0 Å². The van der Waals surface area contributed by atoms with Gasteiger partial charge in [-0.15, -0.1) is 0 Å². The fourth-order valence-electron chi connectivity index (χ4n) is 4.83. The molecule has 2 N–H and O–H groups in total. The van der Waals surface area contributed by atoms with Crippen molar-refractivity contribution in [3.63, 3.8) is 0 Å². The maximum absolute atomic E-state index is 12.3. The van der Waals surface area contributed by atoms with E-state index in [2.05, 4.69) is 12.2 Å². The Bertz CT molecular complexity index is 735. The highest BCUT2D eigenvalue weighted by Crippen LogP contribution is 2.46. The molecule has 0 spiro atoms. The highest BCUT2D eigenvalue weighted by molar-refractivity contribution is 6.06. The minimum atomic E-state index is -0.190. The van der Waals surface area contributed by atoms with Gasteiger partial charge < -0.3 is 15.2 Å². The number of hydrogen-bond donors (Lipinski definition) is 2. The van der Waals surface area contributed by atoms with Crippen molar-refractivity contribution in [3.05, 3.63) is 29.8 Å². The smallest absolute Gasteiger partial charge is 0.163 e. The van der Waals surface area contributed by atoms with E-state index in [1.165, 1.54) is 51.4 Å². The molecule has 0 aliphatic heterocycles. The van der Waals surface area contributed by atoms with Gasteiger partial charge in [-0.05, 0) is 80.8 Å². The third kappa shape index (κ3) is 7.60. The molecular weight excluding hydrogens is 378 g/mol. The minimum Gasteiger partial charge on any atom is -0.504 e. The van der Waals surface area contributed by atoms with Crippen LogP contribution in [0.1, 0.15) is 70.3 Å². The average molecular weight is 416 g/mol. The summed E-state index contributed by atoms with van der Waals surface area (Å²) >= 11 is 0. The van der Waals surface area contributed by atoms with Crippen LogP contribution in [0.5, 0.6) is 11.5 Å². The summed E-state index contributed by atoms with van der Waals surface area (Å²) in [6.45, 7) is 3.34. The molecule has 0 bridgehead atoms. The third-order valence-corrected chi connectivity index (χ3v) is 6.20. The molecule has 1 aromatic carbocycles. The molecule has 2 rings (SSSR count). The number of ketones is 2. The monoisotopic (exact) mass is 415 g/mol. The third-order valence-electron chi connectivity index (χ3n) is 6.20. The Balaban J connectivity index is 1.78. The highest BCUT2D eigenvalue weighted by Gasteiger charge is 2.34. The number of ether oxygens (including phenoxy) is 1. The molecule has 0 saturated heterocycles. The number of Topliss-reactive ketones (excluding diaryl/α,β-unsaturated/α-hetero) is 1. The van der Waals surface area contributed by atoms with Crippen LogP contribution in [0.25, 0.3) is 6.08 Å². The van der Waals surface area contributed by atoms with Gasteiger partial charge in [0, 0.05) is 6.42 Å². The number of phenolic OH excluding ortho intramolecular Hbond substituents is 1. The minimum absolute atomic E-state index is 0.0179. The van der Waals surface area contributed by atoms with Crippen LogP contribution in [0.4, 0.5) is 0 Å². The largest absolute Gasteiger partial charge is 0.504 e. The lowest BCUT2D eigenvalue weighted by molar-refractivity contribution is -0.124. The fourth-order valence-corrected chi connectivity index (χ4v) is 4.83. The summed E-state index contributed by atoms with van der Waals surface area (Å²) in [6, 6.07) is 4.86.